The number of hydrogen-bond acceptors (Lipinski definition) is 28. The molecule has 5 saturated carbocycles. The van der Waals surface area contributed by atoms with Gasteiger partial charge in [-0.25, -0.2) is 9.59 Å². The van der Waals surface area contributed by atoms with Gasteiger partial charge in [-0.05, 0) is 100 Å². The van der Waals surface area contributed by atoms with Gasteiger partial charge in [-0.3, -0.25) is 9.59 Å². The number of allylic oxidation sites excluding steroid dienone is 1. The van der Waals surface area contributed by atoms with E-state index in [1.807, 2.05) is 27.7 Å². The van der Waals surface area contributed by atoms with Crippen molar-refractivity contribution in [2.75, 3.05) is 13.2 Å². The first kappa shape index (κ1) is 71.5. The van der Waals surface area contributed by atoms with Crippen molar-refractivity contribution in [2.45, 2.75) is 294 Å². The molecule has 0 radical (unpaired) electrons. The minimum Gasteiger partial charge on any atom is -0.479 e. The predicted molar refractivity (Wildman–Crippen MR) is 308 cm³/mol. The number of esters is 3. The largest absolute Gasteiger partial charge is 0.479 e. The molecule has 524 valence electrons. The van der Waals surface area contributed by atoms with Crippen molar-refractivity contribution < 1.29 is 142 Å². The summed E-state index contributed by atoms with van der Waals surface area (Å²) in [6, 6.07) is 0. The quantitative estimate of drug-likeness (QED) is 0.0392. The highest BCUT2D eigenvalue weighted by molar-refractivity contribution is 5.87. The van der Waals surface area contributed by atoms with Crippen LogP contribution in [-0.2, 0) is 76.0 Å². The number of carboxylic acids is 1. The Hall–Kier alpha value is -3.22. The zero-order chi connectivity index (χ0) is 67.8. The van der Waals surface area contributed by atoms with Crippen LogP contribution in [0, 0.1) is 50.2 Å². The zero-order valence-electron chi connectivity index (χ0n) is 54.2. The van der Waals surface area contributed by atoms with Crippen molar-refractivity contribution in [2.24, 2.45) is 50.2 Å². The van der Waals surface area contributed by atoms with Gasteiger partial charge in [0.05, 0.1) is 31.0 Å². The number of aliphatic hydroxyl groups is 12. The molecule has 10 fully saturated rings. The number of aliphatic hydroxyl groups excluding tert-OH is 12. The van der Waals surface area contributed by atoms with Gasteiger partial charge in [-0.2, -0.15) is 0 Å². The Morgan fingerprint density at radius 3 is 1.68 bits per heavy atom. The first-order chi connectivity index (χ1) is 42.9. The number of carbonyl (C=O) groups excluding carboxylic acids is 3. The van der Waals surface area contributed by atoms with E-state index in [1.165, 1.54) is 20.8 Å². The Kier molecular flexibility index (Phi) is 19.9. The highest BCUT2D eigenvalue weighted by atomic mass is 16.8. The summed E-state index contributed by atoms with van der Waals surface area (Å²) < 4.78 is 75.5. The van der Waals surface area contributed by atoms with Crippen LogP contribution in [0.3, 0.4) is 0 Å². The standard InChI is InChI=1S/C63H98O29/c1-13-24(2)51(79)91-48-49(83-27(5)67)63-32(20-57(48,6)7)62(92-56(63)80)19-15-31-59(10)17-16-33(58(8,9)30(59)14-18-60(31,11)61(62,12)21-34(63)82-26(4)66)86-55-47(90-53-42(75)39(72)36(69)28(22-64)84-53)44(43(76)45(88-55)50(77)78)87-54-46(40(73)37(70)29(23-65)85-54)89-52-41(74)38(71)35(68)25(3)81-52/h13,25,28-49,52-56,64-65,68-76,80H,14-23H2,1-12H3,(H,77,78)/b24-13-/t25-,28+,29+,30-,31+,32-,33-,34-,35-,36-,37-,38+,39-,40-,41+,42+,43-,44-,45-,46+,47+,48-,49-,52-,53-,54-,55+,56-,59-,60+,61-,62-,63+/m0/s1. The Labute approximate surface area is 533 Å². The summed E-state index contributed by atoms with van der Waals surface area (Å²) in [6.45, 7) is 19.8. The Bertz CT molecular complexity index is 2750. The van der Waals surface area contributed by atoms with Crippen LogP contribution in [0.2, 0.25) is 0 Å². The second-order valence-corrected chi connectivity index (χ2v) is 29.8. The number of aliphatic carboxylic acids is 1. The first-order valence-electron chi connectivity index (χ1n) is 32.2. The van der Waals surface area contributed by atoms with Gasteiger partial charge in [-0.15, -0.1) is 0 Å². The molecule has 5 heterocycles. The monoisotopic (exact) mass is 1320 g/mol. The van der Waals surface area contributed by atoms with E-state index in [9.17, 15) is 85.6 Å². The fraction of sp³-hybridized carbons (Fsp3) is 0.905. The summed E-state index contributed by atoms with van der Waals surface area (Å²) >= 11 is 0. The Morgan fingerprint density at radius 1 is 0.533 bits per heavy atom. The van der Waals surface area contributed by atoms with Gasteiger partial charge in [0, 0.05) is 36.2 Å². The third kappa shape index (κ3) is 11.1. The number of fused-ring (bicyclic) bond motifs is 4. The molecule has 5 saturated heterocycles. The van der Waals surface area contributed by atoms with Crippen LogP contribution < -0.4 is 0 Å². The van der Waals surface area contributed by atoms with E-state index in [0.717, 1.165) is 0 Å². The van der Waals surface area contributed by atoms with Crippen molar-refractivity contribution in [3.63, 3.8) is 0 Å². The fourth-order valence-corrected chi connectivity index (χ4v) is 19.3. The molecule has 10 aliphatic rings. The molecule has 2 bridgehead atoms. The highest BCUT2D eigenvalue weighted by Crippen LogP contribution is 2.82. The fourth-order valence-electron chi connectivity index (χ4n) is 19.3. The maximum atomic E-state index is 13.7. The summed E-state index contributed by atoms with van der Waals surface area (Å²) in [4.78, 5) is 53.9. The molecule has 0 unspecified atom stereocenters. The minimum atomic E-state index is -2.31. The molecule has 92 heavy (non-hydrogen) atoms. The third-order valence-corrected chi connectivity index (χ3v) is 24.3. The second-order valence-electron chi connectivity index (χ2n) is 29.8. The van der Waals surface area contributed by atoms with E-state index in [4.69, 9.17) is 56.8 Å². The van der Waals surface area contributed by atoms with Crippen LogP contribution in [0.4, 0.5) is 0 Å². The molecule has 29 nitrogen and oxygen atoms in total. The average Bonchev–Trinajstić information content (AvgIpc) is 1.37. The summed E-state index contributed by atoms with van der Waals surface area (Å²) in [5, 5.41) is 145. The summed E-state index contributed by atoms with van der Waals surface area (Å²) in [6.07, 6.45) is -39.5. The Morgan fingerprint density at radius 2 is 1.09 bits per heavy atom. The lowest BCUT2D eigenvalue weighted by Gasteiger charge is -2.75. The van der Waals surface area contributed by atoms with Crippen molar-refractivity contribution >= 4 is 23.9 Å². The van der Waals surface area contributed by atoms with E-state index in [1.54, 1.807) is 19.9 Å². The van der Waals surface area contributed by atoms with Gasteiger partial charge in [0.25, 0.3) is 0 Å². The minimum absolute atomic E-state index is 0.0914. The van der Waals surface area contributed by atoms with Gasteiger partial charge in [0.1, 0.15) is 103 Å². The van der Waals surface area contributed by atoms with E-state index in [2.05, 4.69) is 20.8 Å². The number of hydrogen-bond donors (Lipinski definition) is 13. The zero-order valence-corrected chi connectivity index (χ0v) is 54.2. The third-order valence-electron chi connectivity index (χ3n) is 24.3. The molecule has 0 aromatic heterocycles. The molecule has 1 spiro atoms. The van der Waals surface area contributed by atoms with Crippen LogP contribution in [0.1, 0.15) is 134 Å². The maximum Gasteiger partial charge on any atom is 0.335 e. The first-order valence-corrected chi connectivity index (χ1v) is 32.2. The van der Waals surface area contributed by atoms with Gasteiger partial charge >= 0.3 is 23.9 Å². The number of carboxylic acid groups (broad SMARTS) is 1. The van der Waals surface area contributed by atoms with Crippen molar-refractivity contribution in [3.8, 4) is 0 Å². The molecule has 33 atom stereocenters. The van der Waals surface area contributed by atoms with Gasteiger partial charge < -0.3 is 123 Å². The lowest BCUT2D eigenvalue weighted by Crippen LogP contribution is -2.77. The van der Waals surface area contributed by atoms with E-state index in [0.29, 0.717) is 44.1 Å². The van der Waals surface area contributed by atoms with E-state index < -0.39 is 235 Å². The molecule has 5 aliphatic carbocycles. The van der Waals surface area contributed by atoms with Crippen LogP contribution in [0.15, 0.2) is 11.6 Å². The summed E-state index contributed by atoms with van der Waals surface area (Å²) in [7, 11) is 0. The molecule has 0 aromatic rings. The van der Waals surface area contributed by atoms with Crippen LogP contribution in [0.25, 0.3) is 0 Å². The van der Waals surface area contributed by atoms with Crippen LogP contribution >= 0.6 is 0 Å². The normalized spacial score (nSPS) is 52.1. The topological polar surface area (TPSA) is 442 Å². The highest BCUT2D eigenvalue weighted by Gasteiger charge is 2.86. The lowest BCUT2D eigenvalue weighted by molar-refractivity contribution is -0.406. The summed E-state index contributed by atoms with van der Waals surface area (Å²) in [5.41, 5.74) is -6.14. The van der Waals surface area contributed by atoms with Crippen molar-refractivity contribution in [1.29, 1.82) is 0 Å². The molecule has 10 rings (SSSR count). The van der Waals surface area contributed by atoms with Gasteiger partial charge in [0.2, 0.25) is 0 Å². The molecule has 29 heteroatoms. The lowest BCUT2D eigenvalue weighted by atomic mass is 9.30. The average molecular weight is 1320 g/mol. The maximum absolute atomic E-state index is 13.7. The van der Waals surface area contributed by atoms with Crippen molar-refractivity contribution in [3.05, 3.63) is 11.6 Å². The van der Waals surface area contributed by atoms with Crippen molar-refractivity contribution in [1.82, 2.24) is 0 Å². The molecule has 5 aliphatic heterocycles. The molecule has 13 N–H and O–H groups in total. The van der Waals surface area contributed by atoms with E-state index in [-0.39, 0.29) is 24.7 Å². The molecular weight excluding hydrogens is 1220 g/mol. The second kappa shape index (κ2) is 25.6. The SMILES string of the molecule is C/C=C(/C)C(=O)O[C@H]1[C@H](OC(C)=O)[C@@]23[C@@H](OC(C)=O)C[C@]4(C)[C@@](CC[C@@H]5[C@@]6(C)CC[C@H](O[C@@H]7O[C@H](C(=O)O)[C@@H](O)[C@H](O[C@@H]8O[C@H](CO)[C@H](O)[C@H](O)[C@H]8O[C@@H]8O[C@@H](C)[C@H](O)[C@@H](O)[C@H]8O)[C@H]7O[C@@H]7O[C@H](CO)[C@H](O)[C@H](O)[C@H]7O)C(C)(C)[C@@H]6CC[C@]54C)(O[C@@H]2O)[C@@H]3CC1(C)C. The molecule has 0 aromatic carbocycles. The Balaban J connectivity index is 0.989. The molecule has 0 amide bonds. The van der Waals surface area contributed by atoms with Crippen LogP contribution in [0.5, 0.6) is 0 Å². The number of ether oxygens (including phenoxy) is 12. The molecular formula is C63H98O29. The van der Waals surface area contributed by atoms with E-state index >= 15 is 0 Å². The smallest absolute Gasteiger partial charge is 0.335 e. The van der Waals surface area contributed by atoms with Crippen LogP contribution in [-0.4, -0.2) is 263 Å². The number of rotatable bonds is 15. The predicted octanol–water partition coefficient (Wildman–Crippen LogP) is -1.31. The summed E-state index contributed by atoms with van der Waals surface area (Å²) in [5.74, 6) is -4.61. The number of carbonyl (C=O) groups is 4. The van der Waals surface area contributed by atoms with Gasteiger partial charge in [-0.1, -0.05) is 54.5 Å². The van der Waals surface area contributed by atoms with Gasteiger partial charge in [0.15, 0.2) is 43.7 Å².